The van der Waals surface area contributed by atoms with E-state index in [9.17, 15) is 9.59 Å². The third-order valence-corrected chi connectivity index (χ3v) is 5.17. The third kappa shape index (κ3) is 4.33. The van der Waals surface area contributed by atoms with Gasteiger partial charge in [-0.15, -0.1) is 0 Å². The summed E-state index contributed by atoms with van der Waals surface area (Å²) in [7, 11) is 0. The van der Waals surface area contributed by atoms with Crippen LogP contribution in [0.15, 0.2) is 24.3 Å². The normalized spacial score (nSPS) is 14.0. The Bertz CT molecular complexity index is 829. The first-order valence-corrected chi connectivity index (χ1v) is 9.79. The minimum absolute atomic E-state index is 0.168. The number of unbranched alkanes of at least 4 members (excludes halogenated alkanes) is 1. The van der Waals surface area contributed by atoms with Gasteiger partial charge in [-0.3, -0.25) is 14.3 Å². The van der Waals surface area contributed by atoms with Crippen LogP contribution in [0.4, 0.5) is 5.69 Å². The molecule has 1 saturated heterocycles. The van der Waals surface area contributed by atoms with E-state index in [0.29, 0.717) is 35.9 Å². The number of hydrogen-bond acceptors (Lipinski definition) is 3. The molecule has 0 saturated carbocycles. The molecule has 1 aromatic carbocycles. The molecule has 0 aliphatic carbocycles. The van der Waals surface area contributed by atoms with Gasteiger partial charge in [-0.25, -0.2) is 0 Å². The Morgan fingerprint density at radius 2 is 2.04 bits per heavy atom. The maximum absolute atomic E-state index is 12.6. The molecule has 7 heteroatoms. The van der Waals surface area contributed by atoms with Crippen LogP contribution in [0.5, 0.6) is 0 Å². The number of nitrogens with zero attached hydrogens (tertiary/aromatic N) is 3. The molecule has 0 atom stereocenters. The van der Waals surface area contributed by atoms with E-state index < -0.39 is 0 Å². The van der Waals surface area contributed by atoms with Crippen LogP contribution in [0, 0.1) is 6.92 Å². The number of anilines is 1. The fraction of sp³-hybridized carbons (Fsp3) is 0.450. The molecule has 2 heterocycles. The first kappa shape index (κ1) is 19.4. The smallest absolute Gasteiger partial charge is 0.256 e. The lowest BCUT2D eigenvalue weighted by atomic mass is 10.2. The average molecular weight is 389 g/mol. The number of carbonyl (C=O) groups is 2. The second kappa shape index (κ2) is 8.57. The summed E-state index contributed by atoms with van der Waals surface area (Å²) in [6, 6.07) is 7.71. The number of aryl methyl sites for hydroxylation is 2. The van der Waals surface area contributed by atoms with E-state index >= 15 is 0 Å². The van der Waals surface area contributed by atoms with E-state index in [2.05, 4.69) is 17.3 Å². The number of aromatic nitrogens is 2. The Labute approximate surface area is 164 Å². The Balaban J connectivity index is 1.62. The van der Waals surface area contributed by atoms with Crippen molar-refractivity contribution < 1.29 is 9.59 Å². The summed E-state index contributed by atoms with van der Waals surface area (Å²) in [5.74, 6) is -0.0553. The molecular formula is C20H25ClN4O2. The van der Waals surface area contributed by atoms with Gasteiger partial charge in [0, 0.05) is 31.7 Å². The monoisotopic (exact) mass is 388 g/mol. The predicted molar refractivity (Wildman–Crippen MR) is 106 cm³/mol. The summed E-state index contributed by atoms with van der Waals surface area (Å²) in [5, 5.41) is 7.67. The van der Waals surface area contributed by atoms with E-state index in [1.807, 2.05) is 24.3 Å². The molecule has 0 spiro atoms. The van der Waals surface area contributed by atoms with Crippen LogP contribution < -0.4 is 10.2 Å². The quantitative estimate of drug-likeness (QED) is 0.786. The van der Waals surface area contributed by atoms with Gasteiger partial charge in [-0.05, 0) is 37.5 Å². The summed E-state index contributed by atoms with van der Waals surface area (Å²) < 4.78 is 1.69. The minimum atomic E-state index is -0.223. The second-order valence-electron chi connectivity index (χ2n) is 6.83. The molecule has 1 aliphatic heterocycles. The number of nitrogens with one attached hydrogen (secondary N) is 1. The van der Waals surface area contributed by atoms with Gasteiger partial charge >= 0.3 is 0 Å². The van der Waals surface area contributed by atoms with E-state index in [0.717, 1.165) is 37.1 Å². The third-order valence-electron chi connectivity index (χ3n) is 4.79. The highest BCUT2D eigenvalue weighted by Crippen LogP contribution is 2.22. The number of halogens is 1. The Morgan fingerprint density at radius 3 is 2.67 bits per heavy atom. The molecule has 0 radical (unpaired) electrons. The van der Waals surface area contributed by atoms with Crippen molar-refractivity contribution in [2.75, 3.05) is 11.4 Å². The molecule has 3 rings (SSSR count). The topological polar surface area (TPSA) is 67.2 Å². The van der Waals surface area contributed by atoms with Crippen molar-refractivity contribution in [3.63, 3.8) is 0 Å². The van der Waals surface area contributed by atoms with E-state index in [1.165, 1.54) is 0 Å². The van der Waals surface area contributed by atoms with E-state index in [1.54, 1.807) is 16.5 Å². The SMILES string of the molecule is CCCCn1nc(C)c(C(=O)NCc2ccc(N3CCCC3=O)cc2)c1Cl. The van der Waals surface area contributed by atoms with Crippen LogP contribution in [0.1, 0.15) is 54.2 Å². The van der Waals surface area contributed by atoms with Gasteiger partial charge < -0.3 is 10.2 Å². The van der Waals surface area contributed by atoms with Crippen molar-refractivity contribution in [3.8, 4) is 0 Å². The highest BCUT2D eigenvalue weighted by Gasteiger charge is 2.22. The van der Waals surface area contributed by atoms with E-state index in [4.69, 9.17) is 11.6 Å². The number of hydrogen-bond donors (Lipinski definition) is 1. The number of benzene rings is 1. The zero-order valence-corrected chi connectivity index (χ0v) is 16.6. The summed E-state index contributed by atoms with van der Waals surface area (Å²) in [6.07, 6.45) is 3.52. The van der Waals surface area contributed by atoms with E-state index in [-0.39, 0.29) is 11.8 Å². The Hall–Kier alpha value is -2.34. The van der Waals surface area contributed by atoms with Crippen molar-refractivity contribution in [1.82, 2.24) is 15.1 Å². The maximum Gasteiger partial charge on any atom is 0.256 e. The maximum atomic E-state index is 12.6. The van der Waals surface area contributed by atoms with Crippen LogP contribution in [0.25, 0.3) is 0 Å². The molecule has 6 nitrogen and oxygen atoms in total. The van der Waals surface area contributed by atoms with Crippen LogP contribution in [-0.2, 0) is 17.9 Å². The fourth-order valence-corrected chi connectivity index (χ4v) is 3.60. The number of carbonyl (C=O) groups excluding carboxylic acids is 2. The average Bonchev–Trinajstić information content (AvgIpc) is 3.21. The molecule has 1 fully saturated rings. The molecule has 1 aliphatic rings. The van der Waals surface area contributed by atoms with Gasteiger partial charge in [0.25, 0.3) is 5.91 Å². The molecule has 144 valence electrons. The second-order valence-corrected chi connectivity index (χ2v) is 7.18. The largest absolute Gasteiger partial charge is 0.348 e. The van der Waals surface area contributed by atoms with Gasteiger partial charge in [-0.1, -0.05) is 37.1 Å². The highest BCUT2D eigenvalue weighted by atomic mass is 35.5. The van der Waals surface area contributed by atoms with Gasteiger partial charge in [0.15, 0.2) is 0 Å². The molecular weight excluding hydrogens is 364 g/mol. The van der Waals surface area contributed by atoms with Crippen LogP contribution in [0.2, 0.25) is 5.15 Å². The van der Waals surface area contributed by atoms with Crippen molar-refractivity contribution in [3.05, 3.63) is 46.2 Å². The lowest BCUT2D eigenvalue weighted by Crippen LogP contribution is -2.24. The van der Waals surface area contributed by atoms with Gasteiger partial charge in [0.1, 0.15) is 5.15 Å². The van der Waals surface area contributed by atoms with Crippen molar-refractivity contribution in [2.45, 2.75) is 52.6 Å². The lowest BCUT2D eigenvalue weighted by Gasteiger charge is -2.16. The minimum Gasteiger partial charge on any atom is -0.348 e. The molecule has 2 aromatic rings. The first-order valence-electron chi connectivity index (χ1n) is 9.41. The molecule has 2 amide bonds. The standard InChI is InChI=1S/C20H25ClN4O2/c1-3-4-12-25-19(21)18(14(2)23-25)20(27)22-13-15-7-9-16(10-8-15)24-11-5-6-17(24)26/h7-10H,3-6,11-13H2,1-2H3,(H,22,27). The zero-order valence-electron chi connectivity index (χ0n) is 15.8. The Morgan fingerprint density at radius 1 is 1.30 bits per heavy atom. The van der Waals surface area contributed by atoms with Gasteiger partial charge in [-0.2, -0.15) is 5.10 Å². The molecule has 1 aromatic heterocycles. The molecule has 1 N–H and O–H groups in total. The summed E-state index contributed by atoms with van der Waals surface area (Å²) in [5.41, 5.74) is 2.94. The zero-order chi connectivity index (χ0) is 19.4. The lowest BCUT2D eigenvalue weighted by molar-refractivity contribution is -0.117. The number of amides is 2. The Kier molecular flexibility index (Phi) is 6.16. The fourth-order valence-electron chi connectivity index (χ4n) is 3.25. The number of rotatable bonds is 7. The van der Waals surface area contributed by atoms with Crippen LogP contribution in [0.3, 0.4) is 0 Å². The summed E-state index contributed by atoms with van der Waals surface area (Å²) >= 11 is 6.35. The predicted octanol–water partition coefficient (Wildman–Crippen LogP) is 3.70. The summed E-state index contributed by atoms with van der Waals surface area (Å²) in [4.78, 5) is 26.2. The molecule has 0 unspecified atom stereocenters. The molecule has 27 heavy (non-hydrogen) atoms. The van der Waals surface area contributed by atoms with Crippen molar-refractivity contribution in [2.24, 2.45) is 0 Å². The van der Waals surface area contributed by atoms with Crippen LogP contribution >= 0.6 is 11.6 Å². The van der Waals surface area contributed by atoms with Crippen molar-refractivity contribution in [1.29, 1.82) is 0 Å². The van der Waals surface area contributed by atoms with Crippen molar-refractivity contribution >= 4 is 29.1 Å². The highest BCUT2D eigenvalue weighted by molar-refractivity contribution is 6.33. The first-order chi connectivity index (χ1) is 13.0. The van der Waals surface area contributed by atoms with Crippen LogP contribution in [-0.4, -0.2) is 28.1 Å². The summed E-state index contributed by atoms with van der Waals surface area (Å²) in [6.45, 7) is 5.77. The van der Waals surface area contributed by atoms with Gasteiger partial charge in [0.05, 0.1) is 11.3 Å². The molecule has 0 bridgehead atoms. The van der Waals surface area contributed by atoms with Gasteiger partial charge in [0.2, 0.25) is 5.91 Å².